The van der Waals surface area contributed by atoms with Crippen LogP contribution in [-0.2, 0) is 12.8 Å². The molecule has 0 aliphatic heterocycles. The van der Waals surface area contributed by atoms with Crippen molar-refractivity contribution in [1.29, 1.82) is 0 Å². The second-order valence-corrected chi connectivity index (χ2v) is 7.13. The van der Waals surface area contributed by atoms with Gasteiger partial charge in [0.25, 0.3) is 0 Å². The molecule has 0 saturated heterocycles. The molecule has 0 bridgehead atoms. The van der Waals surface area contributed by atoms with Crippen LogP contribution < -0.4 is 0 Å². The van der Waals surface area contributed by atoms with Gasteiger partial charge in [-0.3, -0.25) is 0 Å². The Morgan fingerprint density at radius 3 is 2.35 bits per heavy atom. The van der Waals surface area contributed by atoms with E-state index in [1.165, 1.54) is 46.2 Å². The number of aryl methyl sites for hydroxylation is 3. The van der Waals surface area contributed by atoms with E-state index in [1.807, 2.05) is 0 Å². The lowest BCUT2D eigenvalue weighted by Gasteiger charge is -2.18. The van der Waals surface area contributed by atoms with E-state index in [2.05, 4.69) is 73.1 Å². The molecule has 1 heteroatoms. The summed E-state index contributed by atoms with van der Waals surface area (Å²) in [5.41, 5.74) is 8.80. The van der Waals surface area contributed by atoms with E-state index in [0.29, 0.717) is 10.7 Å². The summed E-state index contributed by atoms with van der Waals surface area (Å²) >= 11 is 3.92. The third-order valence-corrected chi connectivity index (χ3v) is 5.80. The monoisotopic (exact) mass is 328 g/mol. The number of fused-ring (bicyclic) bond motifs is 1. The molecule has 2 unspecified atom stereocenters. The van der Waals surface area contributed by atoms with Gasteiger partial charge >= 0.3 is 0 Å². The van der Waals surface area contributed by atoms with Crippen LogP contribution in [0.5, 0.6) is 0 Å². The zero-order valence-electron chi connectivity index (χ0n) is 12.4. The predicted octanol–water partition coefficient (Wildman–Crippen LogP) is 5.46. The molecule has 0 aromatic heterocycles. The molecule has 0 heterocycles. The highest BCUT2D eigenvalue weighted by Gasteiger charge is 2.30. The maximum Gasteiger partial charge on any atom is 0.0432 e. The maximum absolute atomic E-state index is 3.92. The van der Waals surface area contributed by atoms with Crippen LogP contribution in [0.3, 0.4) is 0 Å². The number of benzene rings is 2. The Morgan fingerprint density at radius 2 is 1.70 bits per heavy atom. The molecule has 0 nitrogen and oxygen atoms in total. The smallest absolute Gasteiger partial charge is 0.0432 e. The third kappa shape index (κ3) is 2.44. The number of hydrogen-bond donors (Lipinski definition) is 0. The summed E-state index contributed by atoms with van der Waals surface area (Å²) in [6.07, 6.45) is 2.36. The van der Waals surface area contributed by atoms with Crippen LogP contribution in [0.2, 0.25) is 0 Å². The van der Waals surface area contributed by atoms with E-state index in [0.717, 1.165) is 0 Å². The molecule has 0 fully saturated rings. The topological polar surface area (TPSA) is 0 Å². The first kappa shape index (κ1) is 13.9. The molecule has 0 radical (unpaired) electrons. The Bertz CT molecular complexity index is 619. The molecular weight excluding hydrogens is 308 g/mol. The van der Waals surface area contributed by atoms with E-state index < -0.39 is 0 Å². The Balaban J connectivity index is 1.88. The molecule has 3 rings (SSSR count). The summed E-state index contributed by atoms with van der Waals surface area (Å²) in [5.74, 6) is 0.674. The minimum absolute atomic E-state index is 0.499. The van der Waals surface area contributed by atoms with Gasteiger partial charge in [-0.1, -0.05) is 57.9 Å². The van der Waals surface area contributed by atoms with Crippen molar-refractivity contribution in [3.63, 3.8) is 0 Å². The van der Waals surface area contributed by atoms with Gasteiger partial charge < -0.3 is 0 Å². The molecule has 1 aliphatic carbocycles. The molecule has 0 saturated carbocycles. The van der Waals surface area contributed by atoms with E-state index in [-0.39, 0.29) is 0 Å². The molecule has 0 amide bonds. The van der Waals surface area contributed by atoms with Gasteiger partial charge in [0.1, 0.15) is 0 Å². The van der Waals surface area contributed by atoms with E-state index in [1.54, 1.807) is 0 Å². The molecule has 2 aromatic carbocycles. The second kappa shape index (κ2) is 5.37. The Hall–Kier alpha value is -1.08. The molecule has 104 valence electrons. The minimum Gasteiger partial charge on any atom is -0.0835 e. The van der Waals surface area contributed by atoms with Crippen LogP contribution in [0, 0.1) is 26.7 Å². The van der Waals surface area contributed by atoms with E-state index >= 15 is 0 Å². The number of halogens is 1. The Labute approximate surface area is 130 Å². The quantitative estimate of drug-likeness (QED) is 0.642. The normalized spacial score (nSPS) is 21.0. The van der Waals surface area contributed by atoms with Crippen molar-refractivity contribution in [2.75, 3.05) is 0 Å². The van der Waals surface area contributed by atoms with Crippen molar-refractivity contribution in [3.05, 3.63) is 69.8 Å². The summed E-state index contributed by atoms with van der Waals surface area (Å²) in [7, 11) is 0. The molecule has 1 aliphatic rings. The van der Waals surface area contributed by atoms with Crippen molar-refractivity contribution in [3.8, 4) is 0 Å². The maximum atomic E-state index is 3.92. The fraction of sp³-hybridized carbons (Fsp3) is 0.368. The zero-order chi connectivity index (χ0) is 14.3. The van der Waals surface area contributed by atoms with E-state index in [9.17, 15) is 0 Å². The van der Waals surface area contributed by atoms with Crippen molar-refractivity contribution >= 4 is 15.9 Å². The molecule has 2 aromatic rings. The van der Waals surface area contributed by atoms with Crippen LogP contribution >= 0.6 is 15.9 Å². The molecule has 0 spiro atoms. The summed E-state index contributed by atoms with van der Waals surface area (Å²) in [5, 5.41) is 0. The van der Waals surface area contributed by atoms with Gasteiger partial charge in [-0.25, -0.2) is 0 Å². The zero-order valence-corrected chi connectivity index (χ0v) is 14.0. The van der Waals surface area contributed by atoms with Crippen LogP contribution in [0.4, 0.5) is 0 Å². The van der Waals surface area contributed by atoms with Crippen LogP contribution in [0.1, 0.15) is 38.2 Å². The highest BCUT2D eigenvalue weighted by atomic mass is 79.9. The minimum atomic E-state index is 0.499. The Kier molecular flexibility index (Phi) is 3.72. The average Bonchev–Trinajstić information content (AvgIpc) is 2.71. The van der Waals surface area contributed by atoms with Crippen molar-refractivity contribution in [2.45, 2.75) is 38.4 Å². The molecule has 2 atom stereocenters. The molecule has 20 heavy (non-hydrogen) atoms. The summed E-state index contributed by atoms with van der Waals surface area (Å²) in [6, 6.07) is 13.5. The number of alkyl halides is 1. The predicted molar refractivity (Wildman–Crippen MR) is 89.7 cm³/mol. The third-order valence-electron chi connectivity index (χ3n) is 4.55. The van der Waals surface area contributed by atoms with Crippen LogP contribution in [0.25, 0.3) is 0 Å². The van der Waals surface area contributed by atoms with Gasteiger partial charge in [0.05, 0.1) is 0 Å². The average molecular weight is 329 g/mol. The SMILES string of the molecule is Cc1cc(C)c(CC2Cc3ccccc3C2Br)c(C)c1. The lowest BCUT2D eigenvalue weighted by atomic mass is 9.90. The van der Waals surface area contributed by atoms with Crippen LogP contribution in [-0.4, -0.2) is 0 Å². The van der Waals surface area contributed by atoms with Crippen LogP contribution in [0.15, 0.2) is 36.4 Å². The van der Waals surface area contributed by atoms with Crippen molar-refractivity contribution < 1.29 is 0 Å². The van der Waals surface area contributed by atoms with Gasteiger partial charge in [0, 0.05) is 4.83 Å². The highest BCUT2D eigenvalue weighted by molar-refractivity contribution is 9.09. The standard InChI is InChI=1S/C19H21Br/c1-12-8-13(2)18(14(3)9-12)11-16-10-15-6-4-5-7-17(15)19(16)20/h4-9,16,19H,10-11H2,1-3H3. The summed E-state index contributed by atoms with van der Waals surface area (Å²) in [6.45, 7) is 6.68. The number of hydrogen-bond acceptors (Lipinski definition) is 0. The van der Waals surface area contributed by atoms with Crippen molar-refractivity contribution in [1.82, 2.24) is 0 Å². The fourth-order valence-electron chi connectivity index (χ4n) is 3.60. The first-order chi connectivity index (χ1) is 9.56. The van der Waals surface area contributed by atoms with Gasteiger partial charge in [-0.2, -0.15) is 0 Å². The Morgan fingerprint density at radius 1 is 1.05 bits per heavy atom. The first-order valence-electron chi connectivity index (χ1n) is 7.35. The first-order valence-corrected chi connectivity index (χ1v) is 8.26. The van der Waals surface area contributed by atoms with E-state index in [4.69, 9.17) is 0 Å². The fourth-order valence-corrected chi connectivity index (χ4v) is 4.42. The van der Waals surface area contributed by atoms with Crippen molar-refractivity contribution in [2.24, 2.45) is 5.92 Å². The summed E-state index contributed by atoms with van der Waals surface area (Å²) < 4.78 is 0. The largest absolute Gasteiger partial charge is 0.0835 e. The lowest BCUT2D eigenvalue weighted by molar-refractivity contribution is 0.552. The lowest BCUT2D eigenvalue weighted by Crippen LogP contribution is -2.09. The summed E-state index contributed by atoms with van der Waals surface area (Å²) in [4.78, 5) is 0.499. The van der Waals surface area contributed by atoms with Gasteiger partial charge in [-0.05, 0) is 67.3 Å². The second-order valence-electron chi connectivity index (χ2n) is 6.15. The van der Waals surface area contributed by atoms with Gasteiger partial charge in [0.2, 0.25) is 0 Å². The number of rotatable bonds is 2. The van der Waals surface area contributed by atoms with Gasteiger partial charge in [-0.15, -0.1) is 0 Å². The van der Waals surface area contributed by atoms with Gasteiger partial charge in [0.15, 0.2) is 0 Å². The highest BCUT2D eigenvalue weighted by Crippen LogP contribution is 2.44. The molecule has 0 N–H and O–H groups in total. The molecular formula is C19H21Br.